The van der Waals surface area contributed by atoms with Crippen molar-refractivity contribution in [1.82, 2.24) is 20.6 Å². The van der Waals surface area contributed by atoms with Crippen molar-refractivity contribution in [2.24, 2.45) is 5.92 Å². The van der Waals surface area contributed by atoms with Crippen molar-refractivity contribution in [3.05, 3.63) is 119 Å². The highest BCUT2D eigenvalue weighted by atomic mass is 35.5. The number of rotatable bonds is 12. The van der Waals surface area contributed by atoms with Crippen molar-refractivity contribution in [2.75, 3.05) is 41.5 Å². The second-order valence-electron chi connectivity index (χ2n) is 13.5. The van der Waals surface area contributed by atoms with Crippen LogP contribution in [-0.4, -0.2) is 36.6 Å². The molecule has 2 aliphatic heterocycles. The van der Waals surface area contributed by atoms with Gasteiger partial charge in [-0.2, -0.15) is 4.98 Å². The first-order valence-electron chi connectivity index (χ1n) is 17.3. The maximum absolute atomic E-state index is 6.56. The number of allylic oxidation sites excluding steroid dienone is 4. The number of likely N-dealkylation sites (N-methyl/N-ethyl adjacent to an activating group) is 1. The molecule has 8 nitrogen and oxygen atoms in total. The van der Waals surface area contributed by atoms with Crippen LogP contribution in [0.4, 0.5) is 28.8 Å². The molecule has 3 heterocycles. The van der Waals surface area contributed by atoms with Crippen LogP contribution >= 0.6 is 11.6 Å². The van der Waals surface area contributed by atoms with Gasteiger partial charge >= 0.3 is 0 Å². The average molecular weight is 677 g/mol. The van der Waals surface area contributed by atoms with Gasteiger partial charge in [0, 0.05) is 78.0 Å². The van der Waals surface area contributed by atoms with Crippen molar-refractivity contribution in [3.8, 4) is 0 Å². The Balaban J connectivity index is 1.02. The zero-order valence-electron chi connectivity index (χ0n) is 28.8. The smallest absolute Gasteiger partial charge is 0.224 e. The fourth-order valence-electron chi connectivity index (χ4n) is 7.05. The molecule has 0 bridgehead atoms. The van der Waals surface area contributed by atoms with Gasteiger partial charge in [-0.1, -0.05) is 50.0 Å². The number of halogens is 1. The molecule has 256 valence electrons. The van der Waals surface area contributed by atoms with Crippen LogP contribution in [0.3, 0.4) is 0 Å². The monoisotopic (exact) mass is 676 g/mol. The van der Waals surface area contributed by atoms with Gasteiger partial charge < -0.3 is 31.5 Å². The van der Waals surface area contributed by atoms with Gasteiger partial charge in [-0.3, -0.25) is 0 Å². The van der Waals surface area contributed by atoms with Crippen molar-refractivity contribution < 1.29 is 0 Å². The summed E-state index contributed by atoms with van der Waals surface area (Å²) in [6, 6.07) is 15.6. The fourth-order valence-corrected chi connectivity index (χ4v) is 7.19. The molecule has 1 aliphatic carbocycles. The summed E-state index contributed by atoms with van der Waals surface area (Å²) in [7, 11) is 3.96. The molecule has 2 aromatic carbocycles. The minimum absolute atomic E-state index is 0.325. The Bertz CT molecular complexity index is 1770. The molecule has 1 saturated heterocycles. The van der Waals surface area contributed by atoms with Gasteiger partial charge in [0.2, 0.25) is 5.95 Å². The first kappa shape index (κ1) is 34.2. The van der Waals surface area contributed by atoms with Crippen LogP contribution in [0.25, 0.3) is 6.08 Å². The molecule has 1 aromatic heterocycles. The third kappa shape index (κ3) is 8.31. The van der Waals surface area contributed by atoms with E-state index < -0.39 is 0 Å². The summed E-state index contributed by atoms with van der Waals surface area (Å²) < 4.78 is 0. The Kier molecular flexibility index (Phi) is 10.6. The lowest BCUT2D eigenvalue weighted by atomic mass is 9.85. The third-order valence-electron chi connectivity index (χ3n) is 10.1. The zero-order valence-corrected chi connectivity index (χ0v) is 29.6. The Labute approximate surface area is 296 Å². The second-order valence-corrected chi connectivity index (χ2v) is 13.9. The molecule has 9 heteroatoms. The van der Waals surface area contributed by atoms with Gasteiger partial charge in [-0.15, -0.1) is 0 Å². The SMILES string of the molecule is C=C(CCC1=Cc2cc(Nc3nc(NCC4CCC(Nc5cccc(C6CCC(=C)NC6=C)c5)CC4)ncc3Cl)ccc2N(C)C1=C)NC. The molecule has 6 rings (SSSR count). The number of nitrogens with one attached hydrogen (secondary N) is 5. The molecule has 0 radical (unpaired) electrons. The van der Waals surface area contributed by atoms with E-state index in [9.17, 15) is 0 Å². The lowest BCUT2D eigenvalue weighted by Crippen LogP contribution is -2.29. The predicted octanol–water partition coefficient (Wildman–Crippen LogP) is 9.31. The summed E-state index contributed by atoms with van der Waals surface area (Å²) in [5, 5.41) is 17.7. The maximum Gasteiger partial charge on any atom is 0.224 e. The lowest BCUT2D eigenvalue weighted by molar-refractivity contribution is 0.351. The van der Waals surface area contributed by atoms with E-state index in [1.165, 1.54) is 16.8 Å². The van der Waals surface area contributed by atoms with E-state index in [0.29, 0.717) is 34.7 Å². The fraction of sp³-hybridized carbons (Fsp3) is 0.350. The minimum atomic E-state index is 0.325. The van der Waals surface area contributed by atoms with Gasteiger partial charge in [0.25, 0.3) is 0 Å². The van der Waals surface area contributed by atoms with Crippen molar-refractivity contribution >= 4 is 46.5 Å². The maximum atomic E-state index is 6.56. The van der Waals surface area contributed by atoms with Crippen LogP contribution in [0.5, 0.6) is 0 Å². The van der Waals surface area contributed by atoms with Gasteiger partial charge in [0.05, 0.1) is 6.20 Å². The first-order valence-corrected chi connectivity index (χ1v) is 17.7. The molecule has 0 spiro atoms. The number of piperidine rings is 1. The standard InChI is InChI=1S/C40H49ClN8/c1-25(42-5)10-14-30-20-32-22-35(17-19-38(32)49(6)28(30)4)47-39-37(41)24-44-40(48-39)43-23-29-12-15-33(16-13-29)46-34-9-7-8-31(21-34)36-18-11-26(2)45-27(36)3/h7-9,17,19-22,24,29,33,36,42,45-46H,1-4,10-16,18,23H2,5-6H3,(H2,43,44,47,48). The Morgan fingerprint density at radius 1 is 1.04 bits per heavy atom. The summed E-state index contributed by atoms with van der Waals surface area (Å²) in [6.45, 7) is 17.5. The number of anilines is 5. The number of aromatic nitrogens is 2. The topological polar surface area (TPSA) is 89.2 Å². The summed E-state index contributed by atoms with van der Waals surface area (Å²) in [5.74, 6) is 2.04. The molecule has 1 atom stereocenters. The van der Waals surface area contributed by atoms with Crippen molar-refractivity contribution in [3.63, 3.8) is 0 Å². The molecular formula is C40H49ClN8. The van der Waals surface area contributed by atoms with E-state index in [2.05, 4.69) is 112 Å². The molecule has 1 saturated carbocycles. The van der Waals surface area contributed by atoms with E-state index in [4.69, 9.17) is 16.6 Å². The van der Waals surface area contributed by atoms with Crippen molar-refractivity contribution in [1.29, 1.82) is 0 Å². The Hall–Kier alpha value is -4.69. The Morgan fingerprint density at radius 2 is 1.86 bits per heavy atom. The minimum Gasteiger partial charge on any atom is -0.392 e. The average Bonchev–Trinajstić information content (AvgIpc) is 3.10. The second kappa shape index (κ2) is 15.2. The van der Waals surface area contributed by atoms with E-state index in [1.54, 1.807) is 6.20 Å². The van der Waals surface area contributed by atoms with Gasteiger partial charge in [0.15, 0.2) is 5.82 Å². The molecule has 3 aromatic rings. The molecule has 5 N–H and O–H groups in total. The molecule has 0 amide bonds. The van der Waals surface area contributed by atoms with E-state index in [1.807, 2.05) is 13.1 Å². The normalized spacial score (nSPS) is 20.6. The van der Waals surface area contributed by atoms with Crippen LogP contribution in [0.15, 0.2) is 103 Å². The summed E-state index contributed by atoms with van der Waals surface area (Å²) in [5.41, 5.74) is 10.9. The number of nitrogens with zero attached hydrogens (tertiary/aromatic N) is 3. The first-order chi connectivity index (χ1) is 23.7. The predicted molar refractivity (Wildman–Crippen MR) is 207 cm³/mol. The Morgan fingerprint density at radius 3 is 2.63 bits per heavy atom. The van der Waals surface area contributed by atoms with E-state index >= 15 is 0 Å². The number of hydrogen-bond donors (Lipinski definition) is 5. The number of hydrogen-bond acceptors (Lipinski definition) is 8. The summed E-state index contributed by atoms with van der Waals surface area (Å²) in [6.07, 6.45) is 12.2. The van der Waals surface area contributed by atoms with Crippen molar-refractivity contribution in [2.45, 2.75) is 63.3 Å². The highest BCUT2D eigenvalue weighted by Crippen LogP contribution is 2.38. The van der Waals surface area contributed by atoms with E-state index in [0.717, 1.165) is 97.6 Å². The van der Waals surface area contributed by atoms with Gasteiger partial charge in [-0.25, -0.2) is 4.98 Å². The highest BCUT2D eigenvalue weighted by Gasteiger charge is 2.24. The van der Waals surface area contributed by atoms with Crippen LogP contribution in [0.1, 0.15) is 68.4 Å². The van der Waals surface area contributed by atoms with E-state index in [-0.39, 0.29) is 0 Å². The summed E-state index contributed by atoms with van der Waals surface area (Å²) >= 11 is 6.56. The third-order valence-corrected chi connectivity index (χ3v) is 10.4. The zero-order chi connectivity index (χ0) is 34.5. The van der Waals surface area contributed by atoms with Crippen LogP contribution in [-0.2, 0) is 0 Å². The van der Waals surface area contributed by atoms with Crippen LogP contribution < -0.4 is 31.5 Å². The highest BCUT2D eigenvalue weighted by molar-refractivity contribution is 6.32. The number of fused-ring (bicyclic) bond motifs is 1. The molecule has 2 fully saturated rings. The van der Waals surface area contributed by atoms with Crippen LogP contribution in [0, 0.1) is 5.92 Å². The summed E-state index contributed by atoms with van der Waals surface area (Å²) in [4.78, 5) is 11.4. The molecule has 49 heavy (non-hydrogen) atoms. The van der Waals surface area contributed by atoms with Gasteiger partial charge in [-0.05, 0) is 105 Å². The molecule has 1 unspecified atom stereocenters. The molecular weight excluding hydrogens is 628 g/mol. The molecule has 3 aliphatic rings. The van der Waals surface area contributed by atoms with Crippen LogP contribution in [0.2, 0.25) is 5.02 Å². The lowest BCUT2D eigenvalue weighted by Gasteiger charge is -2.31. The quantitative estimate of drug-likeness (QED) is 0.130. The van der Waals surface area contributed by atoms with Gasteiger partial charge in [0.1, 0.15) is 5.02 Å². The largest absolute Gasteiger partial charge is 0.392 e. The number of benzene rings is 2.